The van der Waals surface area contributed by atoms with E-state index in [1.165, 1.54) is 6.20 Å². The van der Waals surface area contributed by atoms with Gasteiger partial charge in [0.2, 0.25) is 5.91 Å². The SMILES string of the molecule is CC(C)C1(C(=O)N2CC=C(c3cncc(C(F)(F)F)c3)CC2)CCC(N)C1. The molecule has 1 aromatic heterocycles. The third-order valence-corrected chi connectivity index (χ3v) is 6.05. The highest BCUT2D eigenvalue weighted by atomic mass is 19.4. The Kier molecular flexibility index (Phi) is 5.34. The molecule has 1 saturated carbocycles. The first kappa shape index (κ1) is 19.9. The summed E-state index contributed by atoms with van der Waals surface area (Å²) in [7, 11) is 0. The molecule has 4 nitrogen and oxygen atoms in total. The number of amides is 1. The molecule has 148 valence electrons. The average Bonchev–Trinajstić information content (AvgIpc) is 3.04. The molecule has 2 aliphatic rings. The van der Waals surface area contributed by atoms with E-state index in [0.717, 1.165) is 30.7 Å². The van der Waals surface area contributed by atoms with Gasteiger partial charge in [0.1, 0.15) is 0 Å². The molecular weight excluding hydrogens is 355 g/mol. The van der Waals surface area contributed by atoms with Gasteiger partial charge in [0, 0.05) is 31.5 Å². The molecule has 0 bridgehead atoms. The van der Waals surface area contributed by atoms with E-state index in [9.17, 15) is 18.0 Å². The predicted octanol–water partition coefficient (Wildman–Crippen LogP) is 3.87. The molecule has 1 aliphatic carbocycles. The number of hydrogen-bond acceptors (Lipinski definition) is 3. The van der Waals surface area contributed by atoms with Crippen LogP contribution in [0.1, 0.15) is 50.7 Å². The van der Waals surface area contributed by atoms with Crippen molar-refractivity contribution < 1.29 is 18.0 Å². The topological polar surface area (TPSA) is 59.2 Å². The van der Waals surface area contributed by atoms with Crippen molar-refractivity contribution >= 4 is 11.5 Å². The molecule has 1 aliphatic heterocycles. The summed E-state index contributed by atoms with van der Waals surface area (Å²) < 4.78 is 38.7. The highest BCUT2D eigenvalue weighted by molar-refractivity contribution is 5.84. The molecule has 0 saturated heterocycles. The maximum Gasteiger partial charge on any atom is 0.417 e. The van der Waals surface area contributed by atoms with Crippen LogP contribution >= 0.6 is 0 Å². The molecule has 0 radical (unpaired) electrons. The van der Waals surface area contributed by atoms with E-state index in [1.54, 1.807) is 0 Å². The Hall–Kier alpha value is -1.89. The second kappa shape index (κ2) is 7.26. The van der Waals surface area contributed by atoms with Crippen LogP contribution in [-0.4, -0.2) is 34.9 Å². The summed E-state index contributed by atoms with van der Waals surface area (Å²) >= 11 is 0. The van der Waals surface area contributed by atoms with Crippen LogP contribution in [0.25, 0.3) is 5.57 Å². The number of carbonyl (C=O) groups excluding carboxylic acids is 1. The lowest BCUT2D eigenvalue weighted by Crippen LogP contribution is -2.47. The molecule has 0 spiro atoms. The normalized spacial score (nSPS) is 26.4. The van der Waals surface area contributed by atoms with Crippen molar-refractivity contribution in [1.82, 2.24) is 9.88 Å². The summed E-state index contributed by atoms with van der Waals surface area (Å²) in [6.07, 6.45) is 2.60. The van der Waals surface area contributed by atoms with Crippen LogP contribution in [0.4, 0.5) is 13.2 Å². The molecule has 2 unspecified atom stereocenters. The number of aromatic nitrogens is 1. The lowest BCUT2D eigenvalue weighted by atomic mass is 9.74. The summed E-state index contributed by atoms with van der Waals surface area (Å²) in [4.78, 5) is 18.8. The van der Waals surface area contributed by atoms with E-state index in [-0.39, 0.29) is 17.9 Å². The summed E-state index contributed by atoms with van der Waals surface area (Å²) in [5, 5.41) is 0. The fourth-order valence-electron chi connectivity index (χ4n) is 4.28. The summed E-state index contributed by atoms with van der Waals surface area (Å²) in [6.45, 7) is 5.05. The highest BCUT2D eigenvalue weighted by Gasteiger charge is 2.48. The minimum Gasteiger partial charge on any atom is -0.338 e. The van der Waals surface area contributed by atoms with Gasteiger partial charge in [-0.25, -0.2) is 0 Å². The largest absolute Gasteiger partial charge is 0.417 e. The quantitative estimate of drug-likeness (QED) is 0.865. The molecule has 2 atom stereocenters. The van der Waals surface area contributed by atoms with Gasteiger partial charge in [-0.3, -0.25) is 9.78 Å². The molecule has 1 aromatic rings. The van der Waals surface area contributed by atoms with Crippen LogP contribution in [0.3, 0.4) is 0 Å². The first-order chi connectivity index (χ1) is 12.6. The van der Waals surface area contributed by atoms with Crippen LogP contribution in [0.5, 0.6) is 0 Å². The fourth-order valence-corrected chi connectivity index (χ4v) is 4.28. The van der Waals surface area contributed by atoms with E-state index in [1.807, 2.05) is 11.0 Å². The van der Waals surface area contributed by atoms with Gasteiger partial charge in [0.05, 0.1) is 11.0 Å². The zero-order valence-corrected chi connectivity index (χ0v) is 15.7. The van der Waals surface area contributed by atoms with Crippen LogP contribution in [-0.2, 0) is 11.0 Å². The Morgan fingerprint density at radius 3 is 2.63 bits per heavy atom. The Bertz CT molecular complexity index is 744. The van der Waals surface area contributed by atoms with Gasteiger partial charge in [-0.2, -0.15) is 13.2 Å². The molecule has 2 N–H and O–H groups in total. The van der Waals surface area contributed by atoms with Gasteiger partial charge in [-0.05, 0) is 48.8 Å². The number of carbonyl (C=O) groups is 1. The lowest BCUT2D eigenvalue weighted by molar-refractivity contribution is -0.144. The highest BCUT2D eigenvalue weighted by Crippen LogP contribution is 2.45. The van der Waals surface area contributed by atoms with Crippen molar-refractivity contribution in [3.63, 3.8) is 0 Å². The van der Waals surface area contributed by atoms with Crippen molar-refractivity contribution in [2.75, 3.05) is 13.1 Å². The van der Waals surface area contributed by atoms with Crippen molar-refractivity contribution in [3.05, 3.63) is 35.7 Å². The van der Waals surface area contributed by atoms with Gasteiger partial charge in [-0.15, -0.1) is 0 Å². The van der Waals surface area contributed by atoms with Crippen molar-refractivity contribution in [1.29, 1.82) is 0 Å². The Morgan fingerprint density at radius 1 is 1.37 bits per heavy atom. The molecule has 0 aromatic carbocycles. The number of hydrogen-bond donors (Lipinski definition) is 1. The van der Waals surface area contributed by atoms with E-state index in [2.05, 4.69) is 18.8 Å². The average molecular weight is 381 g/mol. The van der Waals surface area contributed by atoms with Gasteiger partial charge < -0.3 is 10.6 Å². The number of nitrogens with two attached hydrogens (primary N) is 1. The Balaban J connectivity index is 1.76. The number of halogens is 3. The first-order valence-corrected chi connectivity index (χ1v) is 9.40. The fraction of sp³-hybridized carbons (Fsp3) is 0.600. The predicted molar refractivity (Wildman–Crippen MR) is 97.5 cm³/mol. The minimum absolute atomic E-state index is 0.0587. The summed E-state index contributed by atoms with van der Waals surface area (Å²) in [6, 6.07) is 1.19. The maximum atomic E-state index is 13.2. The lowest BCUT2D eigenvalue weighted by Gasteiger charge is -2.38. The summed E-state index contributed by atoms with van der Waals surface area (Å²) in [5.41, 5.74) is 6.19. The second-order valence-corrected chi connectivity index (χ2v) is 8.00. The number of alkyl halides is 3. The molecule has 3 rings (SSSR count). The molecule has 1 fully saturated rings. The van der Waals surface area contributed by atoms with E-state index in [4.69, 9.17) is 5.73 Å². The Labute approximate surface area is 157 Å². The van der Waals surface area contributed by atoms with Crippen LogP contribution in [0.15, 0.2) is 24.5 Å². The smallest absolute Gasteiger partial charge is 0.338 e. The molecule has 7 heteroatoms. The summed E-state index contributed by atoms with van der Waals surface area (Å²) in [5.74, 6) is 0.333. The number of pyridine rings is 1. The van der Waals surface area contributed by atoms with Crippen LogP contribution in [0.2, 0.25) is 0 Å². The van der Waals surface area contributed by atoms with Crippen molar-refractivity contribution in [3.8, 4) is 0 Å². The van der Waals surface area contributed by atoms with Crippen LogP contribution in [0, 0.1) is 11.3 Å². The molecule has 2 heterocycles. The number of rotatable bonds is 3. The third-order valence-electron chi connectivity index (χ3n) is 6.05. The Morgan fingerprint density at radius 2 is 2.11 bits per heavy atom. The maximum absolute atomic E-state index is 13.2. The standard InChI is InChI=1S/C20H26F3N3O/c1-13(2)19(6-3-17(24)10-19)18(27)26-7-4-14(5-8-26)15-9-16(12-25-11-15)20(21,22)23/h4,9,11-13,17H,3,5-8,10,24H2,1-2H3. The van der Waals surface area contributed by atoms with Gasteiger partial charge in [0.25, 0.3) is 0 Å². The molecular formula is C20H26F3N3O. The van der Waals surface area contributed by atoms with Gasteiger partial charge in [0.15, 0.2) is 0 Å². The zero-order valence-electron chi connectivity index (χ0n) is 15.7. The van der Waals surface area contributed by atoms with E-state index >= 15 is 0 Å². The van der Waals surface area contributed by atoms with Crippen LogP contribution < -0.4 is 5.73 Å². The third kappa shape index (κ3) is 3.88. The molecule has 1 amide bonds. The zero-order chi connectivity index (χ0) is 19.8. The number of nitrogens with zero attached hydrogens (tertiary/aromatic N) is 2. The van der Waals surface area contributed by atoms with E-state index in [0.29, 0.717) is 31.5 Å². The van der Waals surface area contributed by atoms with E-state index < -0.39 is 17.2 Å². The molecule has 27 heavy (non-hydrogen) atoms. The minimum atomic E-state index is -4.41. The monoisotopic (exact) mass is 381 g/mol. The second-order valence-electron chi connectivity index (χ2n) is 8.00. The van der Waals surface area contributed by atoms with Gasteiger partial charge >= 0.3 is 6.18 Å². The van der Waals surface area contributed by atoms with Crippen molar-refractivity contribution in [2.24, 2.45) is 17.1 Å². The van der Waals surface area contributed by atoms with Crippen molar-refractivity contribution in [2.45, 2.75) is 51.7 Å². The first-order valence-electron chi connectivity index (χ1n) is 9.40. The van der Waals surface area contributed by atoms with Gasteiger partial charge in [-0.1, -0.05) is 19.9 Å².